The molecule has 0 aliphatic carbocycles. The second kappa shape index (κ2) is 10.1. The topological polar surface area (TPSA) is 3.24 Å². The fraction of sp³-hybridized carbons (Fsp3) is 0.0732. The maximum absolute atomic E-state index is 2.43. The molecule has 43 heavy (non-hydrogen) atoms. The highest BCUT2D eigenvalue weighted by Crippen LogP contribution is 2.47. The Morgan fingerprint density at radius 1 is 0.488 bits per heavy atom. The third kappa shape index (κ3) is 4.21. The van der Waals surface area contributed by atoms with E-state index in [0.29, 0.717) is 0 Å². The van der Waals surface area contributed by atoms with Crippen molar-refractivity contribution in [2.24, 2.45) is 0 Å². The molecule has 206 valence electrons. The van der Waals surface area contributed by atoms with E-state index in [1.54, 1.807) is 0 Å². The van der Waals surface area contributed by atoms with Crippen LogP contribution in [0.2, 0.25) is 0 Å². The van der Waals surface area contributed by atoms with E-state index in [4.69, 9.17) is 0 Å². The summed E-state index contributed by atoms with van der Waals surface area (Å²) in [5, 5.41) is 7.80. The molecule has 2 heteroatoms. The molecule has 0 unspecified atom stereocenters. The van der Waals surface area contributed by atoms with Crippen molar-refractivity contribution >= 4 is 70.1 Å². The van der Waals surface area contributed by atoms with Crippen LogP contribution < -0.4 is 4.90 Å². The van der Waals surface area contributed by atoms with Crippen LogP contribution in [0.5, 0.6) is 0 Å². The smallest absolute Gasteiger partial charge is 0.0546 e. The van der Waals surface area contributed by atoms with E-state index >= 15 is 0 Å². The first-order valence-corrected chi connectivity index (χ1v) is 15.7. The van der Waals surface area contributed by atoms with Gasteiger partial charge in [0.15, 0.2) is 0 Å². The zero-order chi connectivity index (χ0) is 29.0. The monoisotopic (exact) mass is 569 g/mol. The van der Waals surface area contributed by atoms with Gasteiger partial charge in [0.25, 0.3) is 0 Å². The van der Waals surface area contributed by atoms with Gasteiger partial charge in [-0.15, -0.1) is 11.3 Å². The normalized spacial score (nSPS) is 12.0. The lowest BCUT2D eigenvalue weighted by Crippen LogP contribution is -2.19. The summed E-state index contributed by atoms with van der Waals surface area (Å²) in [6.45, 7) is 4.63. The molecule has 0 aliphatic heterocycles. The Morgan fingerprint density at radius 3 is 1.91 bits per heavy atom. The maximum atomic E-state index is 2.43. The first kappa shape index (κ1) is 25.8. The summed E-state index contributed by atoms with van der Waals surface area (Å²) >= 11 is 1.90. The zero-order valence-corrected chi connectivity index (χ0v) is 25.1. The van der Waals surface area contributed by atoms with Crippen molar-refractivity contribution in [3.63, 3.8) is 0 Å². The van der Waals surface area contributed by atoms with E-state index in [2.05, 4.69) is 170 Å². The van der Waals surface area contributed by atoms with Gasteiger partial charge in [-0.2, -0.15) is 0 Å². The highest BCUT2D eigenvalue weighted by atomic mass is 32.1. The molecule has 1 nitrogen and oxygen atoms in total. The van der Waals surface area contributed by atoms with Crippen LogP contribution in [-0.4, -0.2) is 0 Å². The average Bonchev–Trinajstić information content (AvgIpc) is 3.45. The first-order chi connectivity index (χ1) is 21.1. The number of hydrogen-bond donors (Lipinski definition) is 0. The van der Waals surface area contributed by atoms with Gasteiger partial charge < -0.3 is 4.90 Å². The predicted octanol–water partition coefficient (Wildman–Crippen LogP) is 12.2. The lowest BCUT2D eigenvalue weighted by atomic mass is 9.78. The van der Waals surface area contributed by atoms with Crippen LogP contribution in [0.25, 0.3) is 41.7 Å². The van der Waals surface area contributed by atoms with Gasteiger partial charge >= 0.3 is 0 Å². The van der Waals surface area contributed by atoms with Crippen LogP contribution in [0, 0.1) is 0 Å². The molecule has 0 bridgehead atoms. The van der Waals surface area contributed by atoms with Gasteiger partial charge in [0.1, 0.15) is 0 Å². The molecule has 7 aromatic carbocycles. The molecule has 0 radical (unpaired) electrons. The molecule has 0 fully saturated rings. The number of nitrogens with zero attached hydrogens (tertiary/aromatic N) is 1. The molecular formula is C41H31NS. The Kier molecular flexibility index (Phi) is 6.06. The summed E-state index contributed by atoms with van der Waals surface area (Å²) in [5.74, 6) is 0. The Hall–Kier alpha value is -4.92. The van der Waals surface area contributed by atoms with Crippen molar-refractivity contribution in [2.45, 2.75) is 19.3 Å². The summed E-state index contributed by atoms with van der Waals surface area (Å²) in [4.78, 5) is 2.43. The number of anilines is 3. The van der Waals surface area contributed by atoms with Crippen LogP contribution in [0.4, 0.5) is 17.1 Å². The molecule has 8 aromatic rings. The Bertz CT molecular complexity index is 2260. The Labute approximate surface area is 256 Å². The standard InChI is InChI=1S/C41H31NS/c1-41(2,29-14-5-3-6-15-29)30-16-13-19-32(27-30)42(31-17-7-4-8-18-31)37-26-28-24-25-36-34-21-11-12-23-38(34)43-40(36)39(28)35-22-10-9-20-33(35)37/h3-27H,1-2H3. The van der Waals surface area contributed by atoms with E-state index in [1.165, 1.54) is 58.5 Å². The van der Waals surface area contributed by atoms with E-state index in [9.17, 15) is 0 Å². The Morgan fingerprint density at radius 2 is 1.12 bits per heavy atom. The third-order valence-electron chi connectivity index (χ3n) is 8.92. The summed E-state index contributed by atoms with van der Waals surface area (Å²) in [6, 6.07) is 55.4. The molecule has 0 spiro atoms. The summed E-state index contributed by atoms with van der Waals surface area (Å²) in [6.07, 6.45) is 0. The number of benzene rings is 7. The number of rotatable bonds is 5. The number of thiophene rings is 1. The second-order valence-electron chi connectivity index (χ2n) is 11.8. The van der Waals surface area contributed by atoms with Crippen LogP contribution in [-0.2, 0) is 5.41 Å². The van der Waals surface area contributed by atoms with Gasteiger partial charge in [-0.05, 0) is 58.3 Å². The molecular weight excluding hydrogens is 539 g/mol. The molecule has 0 amide bonds. The zero-order valence-electron chi connectivity index (χ0n) is 24.3. The van der Waals surface area contributed by atoms with Crippen LogP contribution in [0.15, 0.2) is 152 Å². The van der Waals surface area contributed by atoms with Gasteiger partial charge in [-0.3, -0.25) is 0 Å². The van der Waals surface area contributed by atoms with Crippen LogP contribution >= 0.6 is 11.3 Å². The minimum atomic E-state index is -0.141. The van der Waals surface area contributed by atoms with Crippen LogP contribution in [0.1, 0.15) is 25.0 Å². The highest BCUT2D eigenvalue weighted by Gasteiger charge is 2.25. The van der Waals surface area contributed by atoms with Crippen LogP contribution in [0.3, 0.4) is 0 Å². The van der Waals surface area contributed by atoms with Crippen molar-refractivity contribution in [1.29, 1.82) is 0 Å². The van der Waals surface area contributed by atoms with E-state index < -0.39 is 0 Å². The summed E-state index contributed by atoms with van der Waals surface area (Å²) in [7, 11) is 0. The predicted molar refractivity (Wildman–Crippen MR) is 188 cm³/mol. The fourth-order valence-corrected chi connectivity index (χ4v) is 7.87. The largest absolute Gasteiger partial charge is 0.310 e. The third-order valence-corrected chi connectivity index (χ3v) is 10.1. The first-order valence-electron chi connectivity index (χ1n) is 14.9. The molecule has 0 atom stereocenters. The SMILES string of the molecule is CC(C)(c1ccccc1)c1cccc(N(c2ccccc2)c2cc3ccc4c5ccccc5sc4c3c3ccccc23)c1. The maximum Gasteiger partial charge on any atom is 0.0546 e. The van der Waals surface area contributed by atoms with E-state index in [0.717, 1.165) is 11.4 Å². The summed E-state index contributed by atoms with van der Waals surface area (Å²) < 4.78 is 2.70. The van der Waals surface area contributed by atoms with Crippen molar-refractivity contribution in [3.05, 3.63) is 163 Å². The van der Waals surface area contributed by atoms with Crippen molar-refractivity contribution < 1.29 is 0 Å². The second-order valence-corrected chi connectivity index (χ2v) is 12.8. The molecule has 0 saturated heterocycles. The van der Waals surface area contributed by atoms with E-state index in [-0.39, 0.29) is 5.41 Å². The Balaban J connectivity index is 1.40. The molecule has 1 aromatic heterocycles. The minimum absolute atomic E-state index is 0.141. The minimum Gasteiger partial charge on any atom is -0.310 e. The van der Waals surface area contributed by atoms with Gasteiger partial charge in [-0.1, -0.05) is 129 Å². The van der Waals surface area contributed by atoms with E-state index in [1.807, 2.05) is 11.3 Å². The lowest BCUT2D eigenvalue weighted by molar-refractivity contribution is 0.641. The highest BCUT2D eigenvalue weighted by molar-refractivity contribution is 7.26. The van der Waals surface area contributed by atoms with Crippen molar-refractivity contribution in [2.75, 3.05) is 4.90 Å². The number of para-hydroxylation sites is 1. The fourth-order valence-electron chi connectivity index (χ4n) is 6.60. The number of fused-ring (bicyclic) bond motifs is 7. The molecule has 8 rings (SSSR count). The number of hydrogen-bond acceptors (Lipinski definition) is 2. The van der Waals surface area contributed by atoms with Gasteiger partial charge in [-0.25, -0.2) is 0 Å². The molecule has 0 aliphatic rings. The van der Waals surface area contributed by atoms with Crippen molar-refractivity contribution in [1.82, 2.24) is 0 Å². The van der Waals surface area contributed by atoms with Gasteiger partial charge in [0.05, 0.1) is 5.69 Å². The molecule has 1 heterocycles. The van der Waals surface area contributed by atoms with Crippen molar-refractivity contribution in [3.8, 4) is 0 Å². The quantitative estimate of drug-likeness (QED) is 0.186. The molecule has 0 N–H and O–H groups in total. The summed E-state index contributed by atoms with van der Waals surface area (Å²) in [5.41, 5.74) is 5.93. The lowest BCUT2D eigenvalue weighted by Gasteiger charge is -2.31. The van der Waals surface area contributed by atoms with Gasteiger partial charge in [0.2, 0.25) is 0 Å². The average molecular weight is 570 g/mol. The van der Waals surface area contributed by atoms with Gasteiger partial charge in [0, 0.05) is 47.7 Å². The molecule has 0 saturated carbocycles.